The average Bonchev–Trinajstić information content (AvgIpc) is 2.48. The van der Waals surface area contributed by atoms with Crippen LogP contribution in [0.15, 0.2) is 34.9 Å². The van der Waals surface area contributed by atoms with Gasteiger partial charge in [-0.25, -0.2) is 4.98 Å². The van der Waals surface area contributed by atoms with Crippen LogP contribution in [0.5, 0.6) is 0 Å². The molecule has 0 fully saturated rings. The molecule has 4 nitrogen and oxygen atoms in total. The second-order valence-electron chi connectivity index (χ2n) is 5.30. The number of aromatic nitrogens is 2. The molecule has 1 aliphatic rings. The summed E-state index contributed by atoms with van der Waals surface area (Å²) in [6, 6.07) is 8.64. The van der Waals surface area contributed by atoms with Gasteiger partial charge in [-0.3, -0.25) is 0 Å². The van der Waals surface area contributed by atoms with Gasteiger partial charge in [0.2, 0.25) is 5.95 Å². The molecule has 21 heavy (non-hydrogen) atoms. The summed E-state index contributed by atoms with van der Waals surface area (Å²) in [5, 5.41) is 6.64. The lowest BCUT2D eigenvalue weighted by atomic mass is 9.78. The van der Waals surface area contributed by atoms with Gasteiger partial charge in [-0.05, 0) is 39.9 Å². The van der Waals surface area contributed by atoms with Gasteiger partial charge in [-0.1, -0.05) is 31.2 Å². The fourth-order valence-electron chi connectivity index (χ4n) is 2.58. The summed E-state index contributed by atoms with van der Waals surface area (Å²) in [6.45, 7) is 3.91. The quantitative estimate of drug-likeness (QED) is 0.834. The molecule has 1 aromatic heterocycles. The highest BCUT2D eigenvalue weighted by Gasteiger charge is 2.25. The van der Waals surface area contributed by atoms with Crippen LogP contribution in [0.4, 0.5) is 11.8 Å². The molecule has 1 aliphatic carbocycles. The number of nitrogens with zero attached hydrogens (tertiary/aromatic N) is 2. The zero-order valence-corrected chi connectivity index (χ0v) is 13.7. The van der Waals surface area contributed by atoms with Crippen LogP contribution in [0.25, 0.3) is 0 Å². The summed E-state index contributed by atoms with van der Waals surface area (Å²) in [5.74, 6) is 2.11. The normalized spacial score (nSPS) is 16.0. The zero-order chi connectivity index (χ0) is 14.7. The maximum Gasteiger partial charge on any atom is 0.224 e. The van der Waals surface area contributed by atoms with Gasteiger partial charge in [0, 0.05) is 25.2 Å². The number of benzene rings is 1. The van der Waals surface area contributed by atoms with Crippen molar-refractivity contribution < 1.29 is 0 Å². The molecule has 2 N–H and O–H groups in total. The first-order valence-corrected chi connectivity index (χ1v) is 8.15. The molecule has 1 unspecified atom stereocenters. The Hall–Kier alpha value is -1.62. The minimum atomic E-state index is 0.579. The Morgan fingerprint density at radius 2 is 2.14 bits per heavy atom. The monoisotopic (exact) mass is 346 g/mol. The Morgan fingerprint density at radius 1 is 1.29 bits per heavy atom. The Labute approximate surface area is 133 Å². The topological polar surface area (TPSA) is 49.8 Å². The van der Waals surface area contributed by atoms with E-state index in [-0.39, 0.29) is 0 Å². The predicted octanol–water partition coefficient (Wildman–Crippen LogP) is 3.81. The number of rotatable bonds is 6. The van der Waals surface area contributed by atoms with Crippen LogP contribution < -0.4 is 10.6 Å². The molecular weight excluding hydrogens is 328 g/mol. The standard InChI is InChI=1S/C16H19BrN4/c1-2-7-18-16-20-10-14(17)15(21-16)19-9-12-8-11-5-3-4-6-13(11)12/h3-6,10,12H,2,7-9H2,1H3,(H2,18,19,20,21). The zero-order valence-electron chi connectivity index (χ0n) is 12.1. The average molecular weight is 347 g/mol. The van der Waals surface area contributed by atoms with Crippen LogP contribution in [0.2, 0.25) is 0 Å². The summed E-state index contributed by atoms with van der Waals surface area (Å²) in [4.78, 5) is 8.78. The molecule has 0 radical (unpaired) electrons. The van der Waals surface area contributed by atoms with Crippen molar-refractivity contribution >= 4 is 27.7 Å². The molecule has 0 bridgehead atoms. The van der Waals surface area contributed by atoms with Gasteiger partial charge in [0.1, 0.15) is 5.82 Å². The summed E-state index contributed by atoms with van der Waals surface area (Å²) in [6.07, 6.45) is 4.00. The van der Waals surface area contributed by atoms with Crippen LogP contribution in [-0.2, 0) is 6.42 Å². The number of hydrogen-bond acceptors (Lipinski definition) is 4. The van der Waals surface area contributed by atoms with Crippen LogP contribution in [-0.4, -0.2) is 23.1 Å². The number of halogens is 1. The number of nitrogens with one attached hydrogen (secondary N) is 2. The first-order chi connectivity index (χ1) is 10.3. The Bertz CT molecular complexity index is 629. The number of anilines is 2. The van der Waals surface area contributed by atoms with Crippen molar-refractivity contribution in [3.8, 4) is 0 Å². The third-order valence-corrected chi connectivity index (χ3v) is 4.33. The third-order valence-electron chi connectivity index (χ3n) is 3.75. The molecule has 2 aromatic rings. The summed E-state index contributed by atoms with van der Waals surface area (Å²) in [7, 11) is 0. The van der Waals surface area contributed by atoms with Gasteiger partial charge in [-0.2, -0.15) is 4.98 Å². The maximum absolute atomic E-state index is 4.52. The number of hydrogen-bond donors (Lipinski definition) is 2. The lowest BCUT2D eigenvalue weighted by molar-refractivity contribution is 0.634. The van der Waals surface area contributed by atoms with E-state index in [1.165, 1.54) is 11.1 Å². The summed E-state index contributed by atoms with van der Waals surface area (Å²) >= 11 is 3.51. The van der Waals surface area contributed by atoms with Crippen LogP contribution in [0.3, 0.4) is 0 Å². The van der Waals surface area contributed by atoms with E-state index in [0.29, 0.717) is 11.9 Å². The van der Waals surface area contributed by atoms with Gasteiger partial charge in [0.25, 0.3) is 0 Å². The highest BCUT2D eigenvalue weighted by Crippen LogP contribution is 2.35. The van der Waals surface area contributed by atoms with E-state index in [1.807, 2.05) is 0 Å². The van der Waals surface area contributed by atoms with E-state index in [9.17, 15) is 0 Å². The molecule has 1 aromatic carbocycles. The lowest BCUT2D eigenvalue weighted by Crippen LogP contribution is -2.24. The van der Waals surface area contributed by atoms with E-state index in [1.54, 1.807) is 6.20 Å². The molecule has 0 saturated heterocycles. The van der Waals surface area contributed by atoms with Crippen molar-refractivity contribution in [2.45, 2.75) is 25.7 Å². The van der Waals surface area contributed by atoms with E-state index >= 15 is 0 Å². The van der Waals surface area contributed by atoms with E-state index in [0.717, 1.165) is 36.2 Å². The van der Waals surface area contributed by atoms with Crippen molar-refractivity contribution in [3.63, 3.8) is 0 Å². The van der Waals surface area contributed by atoms with Crippen LogP contribution in [0.1, 0.15) is 30.4 Å². The van der Waals surface area contributed by atoms with E-state index < -0.39 is 0 Å². The third kappa shape index (κ3) is 3.18. The summed E-state index contributed by atoms with van der Waals surface area (Å²) in [5.41, 5.74) is 2.93. The maximum atomic E-state index is 4.52. The Kier molecular flexibility index (Phi) is 4.39. The summed E-state index contributed by atoms with van der Waals surface area (Å²) < 4.78 is 0.900. The highest BCUT2D eigenvalue weighted by molar-refractivity contribution is 9.10. The van der Waals surface area contributed by atoms with Gasteiger partial charge < -0.3 is 10.6 Å². The smallest absolute Gasteiger partial charge is 0.224 e. The second kappa shape index (κ2) is 6.43. The Morgan fingerprint density at radius 3 is 2.95 bits per heavy atom. The first-order valence-electron chi connectivity index (χ1n) is 7.36. The molecule has 110 valence electrons. The van der Waals surface area contributed by atoms with Gasteiger partial charge in [-0.15, -0.1) is 0 Å². The SMILES string of the molecule is CCCNc1ncc(Br)c(NCC2Cc3ccccc32)n1. The molecule has 3 rings (SSSR count). The number of fused-ring (bicyclic) bond motifs is 1. The fourth-order valence-corrected chi connectivity index (χ4v) is 2.91. The molecule has 0 saturated carbocycles. The van der Waals surface area contributed by atoms with E-state index in [4.69, 9.17) is 0 Å². The minimum Gasteiger partial charge on any atom is -0.368 e. The van der Waals surface area contributed by atoms with Crippen LogP contribution >= 0.6 is 15.9 Å². The van der Waals surface area contributed by atoms with Crippen LogP contribution in [0, 0.1) is 0 Å². The van der Waals surface area contributed by atoms with Crippen molar-refractivity contribution in [1.29, 1.82) is 0 Å². The molecule has 1 atom stereocenters. The van der Waals surface area contributed by atoms with Gasteiger partial charge in [0.05, 0.1) is 4.47 Å². The molecule has 0 amide bonds. The highest BCUT2D eigenvalue weighted by atomic mass is 79.9. The largest absolute Gasteiger partial charge is 0.368 e. The minimum absolute atomic E-state index is 0.579. The van der Waals surface area contributed by atoms with Gasteiger partial charge >= 0.3 is 0 Å². The van der Waals surface area contributed by atoms with Crippen molar-refractivity contribution in [3.05, 3.63) is 46.1 Å². The second-order valence-corrected chi connectivity index (χ2v) is 6.15. The molecule has 0 spiro atoms. The molecule has 1 heterocycles. The fraction of sp³-hybridized carbons (Fsp3) is 0.375. The molecule has 0 aliphatic heterocycles. The van der Waals surface area contributed by atoms with E-state index in [2.05, 4.69) is 67.7 Å². The molecular formula is C16H19BrN4. The van der Waals surface area contributed by atoms with Crippen molar-refractivity contribution in [1.82, 2.24) is 9.97 Å². The first kappa shape index (κ1) is 14.3. The van der Waals surface area contributed by atoms with Crippen molar-refractivity contribution in [2.75, 3.05) is 23.7 Å². The predicted molar refractivity (Wildman–Crippen MR) is 89.9 cm³/mol. The Balaban J connectivity index is 1.63. The molecule has 5 heteroatoms. The van der Waals surface area contributed by atoms with Gasteiger partial charge in [0.15, 0.2) is 0 Å². The lowest BCUT2D eigenvalue weighted by Gasteiger charge is -2.30. The van der Waals surface area contributed by atoms with Crippen molar-refractivity contribution in [2.24, 2.45) is 0 Å².